The second-order valence-electron chi connectivity index (χ2n) is 2.49. The van der Waals surface area contributed by atoms with Crippen molar-refractivity contribution in [3.63, 3.8) is 0 Å². The summed E-state index contributed by atoms with van der Waals surface area (Å²) >= 11 is 0. The van der Waals surface area contributed by atoms with E-state index in [1.54, 1.807) is 24.4 Å². The number of fused-ring (bicyclic) bond motifs is 1. The molecule has 2 amide bonds. The minimum atomic E-state index is -0.654. The van der Waals surface area contributed by atoms with Gasteiger partial charge in [-0.05, 0) is 12.1 Å². The highest BCUT2D eigenvalue weighted by Crippen LogP contribution is 2.19. The fraction of sp³-hybridized carbons (Fsp3) is 0. The summed E-state index contributed by atoms with van der Waals surface area (Å²) in [6, 6.07) is 4.47. The zero-order valence-corrected chi connectivity index (χ0v) is 6.65. The number of furan rings is 1. The number of pyridine rings is 1. The van der Waals surface area contributed by atoms with E-state index in [2.05, 4.69) is 10.3 Å². The molecule has 0 saturated heterocycles. The van der Waals surface area contributed by atoms with Crippen molar-refractivity contribution in [2.45, 2.75) is 0 Å². The molecule has 0 saturated carbocycles. The van der Waals surface area contributed by atoms with E-state index in [-0.39, 0.29) is 0 Å². The molecule has 3 N–H and O–H groups in total. The molecule has 0 aliphatic heterocycles. The molecule has 2 rings (SSSR count). The van der Waals surface area contributed by atoms with E-state index in [0.29, 0.717) is 17.0 Å². The molecular formula is C8H7N3O2. The van der Waals surface area contributed by atoms with E-state index in [0.717, 1.165) is 0 Å². The predicted molar refractivity (Wildman–Crippen MR) is 47.2 cm³/mol. The Morgan fingerprint density at radius 2 is 2.46 bits per heavy atom. The van der Waals surface area contributed by atoms with E-state index >= 15 is 0 Å². The van der Waals surface area contributed by atoms with Crippen LogP contribution in [0.3, 0.4) is 0 Å². The Bertz CT molecular complexity index is 416. The van der Waals surface area contributed by atoms with Gasteiger partial charge < -0.3 is 10.2 Å². The van der Waals surface area contributed by atoms with Crippen LogP contribution >= 0.6 is 0 Å². The Balaban J connectivity index is 2.44. The van der Waals surface area contributed by atoms with Crippen molar-refractivity contribution in [3.8, 4) is 0 Å². The zero-order valence-electron chi connectivity index (χ0n) is 6.65. The van der Waals surface area contributed by atoms with Gasteiger partial charge in [-0.3, -0.25) is 10.3 Å². The first-order valence-corrected chi connectivity index (χ1v) is 3.67. The minimum absolute atomic E-state index is 0.307. The molecule has 66 valence electrons. The average molecular weight is 177 g/mol. The Labute approximate surface area is 73.5 Å². The van der Waals surface area contributed by atoms with Crippen molar-refractivity contribution in [3.05, 3.63) is 24.4 Å². The van der Waals surface area contributed by atoms with Gasteiger partial charge in [0.2, 0.25) is 5.88 Å². The average Bonchev–Trinajstić information content (AvgIpc) is 2.44. The van der Waals surface area contributed by atoms with E-state index < -0.39 is 6.03 Å². The van der Waals surface area contributed by atoms with Crippen LogP contribution in [0.4, 0.5) is 10.7 Å². The van der Waals surface area contributed by atoms with Gasteiger partial charge in [0.05, 0.1) is 0 Å². The number of primary amides is 1. The molecule has 5 nitrogen and oxygen atoms in total. The van der Waals surface area contributed by atoms with Crippen molar-refractivity contribution in [1.82, 2.24) is 4.98 Å². The van der Waals surface area contributed by atoms with Gasteiger partial charge in [0.15, 0.2) is 5.58 Å². The van der Waals surface area contributed by atoms with Crippen LogP contribution in [-0.4, -0.2) is 11.0 Å². The number of hydrogen-bond acceptors (Lipinski definition) is 3. The second kappa shape index (κ2) is 2.78. The number of nitrogens with zero attached hydrogens (tertiary/aromatic N) is 1. The molecule has 2 aromatic rings. The van der Waals surface area contributed by atoms with Crippen LogP contribution < -0.4 is 11.1 Å². The molecule has 0 unspecified atom stereocenters. The zero-order chi connectivity index (χ0) is 9.26. The van der Waals surface area contributed by atoms with Gasteiger partial charge in [-0.15, -0.1) is 0 Å². The summed E-state index contributed by atoms with van der Waals surface area (Å²) in [5, 5.41) is 2.33. The van der Waals surface area contributed by atoms with Crippen LogP contribution in [-0.2, 0) is 0 Å². The maximum Gasteiger partial charge on any atom is 0.318 e. The predicted octanol–water partition coefficient (Wildman–Crippen LogP) is 1.32. The molecule has 0 aromatic carbocycles. The first-order chi connectivity index (χ1) is 6.25. The van der Waals surface area contributed by atoms with Gasteiger partial charge in [0.25, 0.3) is 0 Å². The molecule has 0 aliphatic carbocycles. The van der Waals surface area contributed by atoms with Crippen LogP contribution in [0.25, 0.3) is 11.1 Å². The third-order valence-corrected chi connectivity index (χ3v) is 1.53. The third kappa shape index (κ3) is 1.44. The van der Waals surface area contributed by atoms with Gasteiger partial charge >= 0.3 is 6.03 Å². The highest BCUT2D eigenvalue weighted by Gasteiger charge is 2.04. The molecule has 2 heterocycles. The molecule has 0 spiro atoms. The number of nitrogens with two attached hydrogens (primary N) is 1. The van der Waals surface area contributed by atoms with Gasteiger partial charge in [-0.1, -0.05) is 0 Å². The fourth-order valence-electron chi connectivity index (χ4n) is 1.05. The van der Waals surface area contributed by atoms with Crippen LogP contribution in [0.5, 0.6) is 0 Å². The lowest BCUT2D eigenvalue weighted by Crippen LogP contribution is -2.18. The monoisotopic (exact) mass is 177 g/mol. The molecular weight excluding hydrogens is 170 g/mol. The standard InChI is InChI=1S/C8H7N3O2/c9-8(12)11-7-4-5-6(13-7)2-1-3-10-5/h1-4H,(H3,9,11,12). The second-order valence-corrected chi connectivity index (χ2v) is 2.49. The molecule has 0 fully saturated rings. The fourth-order valence-corrected chi connectivity index (χ4v) is 1.05. The summed E-state index contributed by atoms with van der Waals surface area (Å²) in [5.74, 6) is 0.307. The van der Waals surface area contributed by atoms with E-state index in [1.807, 2.05) is 0 Å². The lowest BCUT2D eigenvalue weighted by atomic mass is 10.4. The Morgan fingerprint density at radius 1 is 1.62 bits per heavy atom. The lowest BCUT2D eigenvalue weighted by molar-refractivity contribution is 0.259. The molecule has 0 bridgehead atoms. The summed E-state index contributed by atoms with van der Waals surface area (Å²) < 4.78 is 5.20. The quantitative estimate of drug-likeness (QED) is 0.689. The van der Waals surface area contributed by atoms with E-state index in [9.17, 15) is 4.79 Å². The molecule has 0 atom stereocenters. The SMILES string of the molecule is NC(=O)Nc1cc2ncccc2o1. The molecule has 0 radical (unpaired) electrons. The highest BCUT2D eigenvalue weighted by atomic mass is 16.4. The maximum atomic E-state index is 10.5. The van der Waals surface area contributed by atoms with Crippen LogP contribution in [0.2, 0.25) is 0 Å². The number of rotatable bonds is 1. The van der Waals surface area contributed by atoms with Crippen molar-refractivity contribution in [2.75, 3.05) is 5.32 Å². The lowest BCUT2D eigenvalue weighted by Gasteiger charge is -1.92. The smallest absolute Gasteiger partial charge is 0.318 e. The molecule has 2 aromatic heterocycles. The van der Waals surface area contributed by atoms with Crippen LogP contribution in [0.15, 0.2) is 28.8 Å². The number of amides is 2. The Kier molecular flexibility index (Phi) is 1.63. The number of carbonyl (C=O) groups excluding carboxylic acids is 1. The summed E-state index contributed by atoms with van der Waals surface area (Å²) in [7, 11) is 0. The van der Waals surface area contributed by atoms with Gasteiger partial charge in [-0.2, -0.15) is 0 Å². The van der Waals surface area contributed by atoms with E-state index in [4.69, 9.17) is 10.2 Å². The number of aromatic nitrogens is 1. The summed E-state index contributed by atoms with van der Waals surface area (Å²) in [4.78, 5) is 14.5. The van der Waals surface area contributed by atoms with Crippen LogP contribution in [0, 0.1) is 0 Å². The summed E-state index contributed by atoms with van der Waals surface area (Å²) in [5.41, 5.74) is 6.22. The van der Waals surface area contributed by atoms with Crippen molar-refractivity contribution in [2.24, 2.45) is 5.73 Å². The number of nitrogens with one attached hydrogen (secondary N) is 1. The number of carbonyl (C=O) groups is 1. The molecule has 5 heteroatoms. The minimum Gasteiger partial charge on any atom is -0.439 e. The topological polar surface area (TPSA) is 81.2 Å². The van der Waals surface area contributed by atoms with Gasteiger partial charge in [0.1, 0.15) is 5.52 Å². The highest BCUT2D eigenvalue weighted by molar-refractivity contribution is 5.89. The summed E-state index contributed by atoms with van der Waals surface area (Å²) in [6.45, 7) is 0. The number of anilines is 1. The number of hydrogen-bond donors (Lipinski definition) is 2. The van der Waals surface area contributed by atoms with Crippen molar-refractivity contribution in [1.29, 1.82) is 0 Å². The van der Waals surface area contributed by atoms with Crippen molar-refractivity contribution >= 4 is 23.0 Å². The van der Waals surface area contributed by atoms with E-state index in [1.165, 1.54) is 0 Å². The largest absolute Gasteiger partial charge is 0.439 e. The summed E-state index contributed by atoms with van der Waals surface area (Å²) in [6.07, 6.45) is 1.64. The Hall–Kier alpha value is -2.04. The van der Waals surface area contributed by atoms with Gasteiger partial charge in [0, 0.05) is 12.3 Å². The molecule has 0 aliphatic rings. The normalized spacial score (nSPS) is 10.2. The first kappa shape index (κ1) is 7.60. The molecule has 13 heavy (non-hydrogen) atoms. The van der Waals surface area contributed by atoms with Crippen LogP contribution in [0.1, 0.15) is 0 Å². The van der Waals surface area contributed by atoms with Gasteiger partial charge in [-0.25, -0.2) is 4.79 Å². The maximum absolute atomic E-state index is 10.5. The third-order valence-electron chi connectivity index (χ3n) is 1.53. The Morgan fingerprint density at radius 3 is 3.15 bits per heavy atom. The van der Waals surface area contributed by atoms with Crippen molar-refractivity contribution < 1.29 is 9.21 Å². The first-order valence-electron chi connectivity index (χ1n) is 3.67. The number of urea groups is 1.